The Balaban J connectivity index is 2.36. The lowest BCUT2D eigenvalue weighted by Crippen LogP contribution is -2.24. The van der Waals surface area contributed by atoms with Crippen LogP contribution in [0, 0.1) is 13.8 Å². The Hall–Kier alpha value is -0.650. The molecule has 0 spiro atoms. The summed E-state index contributed by atoms with van der Waals surface area (Å²) in [5.74, 6) is -0.459. The van der Waals surface area contributed by atoms with Crippen molar-refractivity contribution in [1.82, 2.24) is 4.98 Å². The number of hydrogen-bond donors (Lipinski definition) is 1. The van der Waals surface area contributed by atoms with Gasteiger partial charge in [0.25, 0.3) is 0 Å². The van der Waals surface area contributed by atoms with Crippen LogP contribution in [0.3, 0.4) is 0 Å². The first-order valence-electron chi connectivity index (χ1n) is 5.92. The molecule has 1 aromatic heterocycles. The van der Waals surface area contributed by atoms with Crippen LogP contribution in [-0.4, -0.2) is 29.1 Å². The molecule has 1 aromatic rings. The molecule has 0 aliphatic heterocycles. The molecule has 0 saturated heterocycles. The Morgan fingerprint density at radius 1 is 1.33 bits per heavy atom. The van der Waals surface area contributed by atoms with Gasteiger partial charge >= 0.3 is 0 Å². The molecule has 0 aromatic carbocycles. The van der Waals surface area contributed by atoms with Crippen LogP contribution in [0.25, 0.3) is 0 Å². The van der Waals surface area contributed by atoms with E-state index >= 15 is 0 Å². The molecule has 102 valence electrons. The van der Waals surface area contributed by atoms with E-state index < -0.39 is 5.79 Å². The largest absolute Gasteiger partial charge is 0.478 e. The van der Waals surface area contributed by atoms with E-state index in [9.17, 15) is 5.11 Å². The molecule has 5 heteroatoms. The Morgan fingerprint density at radius 3 is 2.56 bits per heavy atom. The highest BCUT2D eigenvalue weighted by molar-refractivity contribution is 9.10. The SMILES string of the molecule is Cc1cc(OCCCOC(C)(C)O)nc(C)c1Br. The first-order valence-corrected chi connectivity index (χ1v) is 6.72. The van der Waals surface area contributed by atoms with Crippen molar-refractivity contribution in [3.05, 3.63) is 21.8 Å². The van der Waals surface area contributed by atoms with Crippen molar-refractivity contribution in [2.45, 2.75) is 39.9 Å². The van der Waals surface area contributed by atoms with Crippen molar-refractivity contribution >= 4 is 15.9 Å². The number of pyridine rings is 1. The minimum atomic E-state index is -1.08. The molecule has 1 rings (SSSR count). The van der Waals surface area contributed by atoms with E-state index in [4.69, 9.17) is 9.47 Å². The van der Waals surface area contributed by atoms with Gasteiger partial charge in [-0.3, -0.25) is 0 Å². The zero-order valence-corrected chi connectivity index (χ0v) is 12.9. The average molecular weight is 318 g/mol. The maximum Gasteiger partial charge on any atom is 0.213 e. The summed E-state index contributed by atoms with van der Waals surface area (Å²) in [4.78, 5) is 4.32. The maximum atomic E-state index is 9.36. The highest BCUT2D eigenvalue weighted by atomic mass is 79.9. The highest BCUT2D eigenvalue weighted by Crippen LogP contribution is 2.23. The molecule has 4 nitrogen and oxygen atoms in total. The van der Waals surface area contributed by atoms with E-state index in [0.29, 0.717) is 25.5 Å². The van der Waals surface area contributed by atoms with Crippen LogP contribution in [0.1, 0.15) is 31.5 Å². The third-order valence-corrected chi connectivity index (χ3v) is 3.47. The molecular weight excluding hydrogens is 298 g/mol. The van der Waals surface area contributed by atoms with Gasteiger partial charge in [0, 0.05) is 17.0 Å². The van der Waals surface area contributed by atoms with Crippen molar-refractivity contribution in [2.75, 3.05) is 13.2 Å². The van der Waals surface area contributed by atoms with Crippen molar-refractivity contribution in [2.24, 2.45) is 0 Å². The molecule has 0 aliphatic rings. The Labute approximate surface area is 116 Å². The molecule has 0 bridgehead atoms. The molecule has 0 aliphatic carbocycles. The molecule has 18 heavy (non-hydrogen) atoms. The Bertz CT molecular complexity index is 379. The standard InChI is InChI=1S/C13H20BrNO3/c1-9-8-11(15-10(2)12(9)14)17-6-5-7-18-13(3,4)16/h8,16H,5-7H2,1-4H3. The molecule has 1 heterocycles. The van der Waals surface area contributed by atoms with E-state index in [1.165, 1.54) is 0 Å². The number of aryl methyl sites for hydroxylation is 2. The van der Waals surface area contributed by atoms with E-state index in [-0.39, 0.29) is 0 Å². The number of aliphatic hydroxyl groups is 1. The lowest BCUT2D eigenvalue weighted by atomic mass is 10.2. The van der Waals surface area contributed by atoms with E-state index in [0.717, 1.165) is 15.7 Å². The Morgan fingerprint density at radius 2 is 2.00 bits per heavy atom. The van der Waals surface area contributed by atoms with Gasteiger partial charge in [0.1, 0.15) is 0 Å². The molecule has 0 saturated carbocycles. The normalized spacial score (nSPS) is 11.7. The maximum absolute atomic E-state index is 9.36. The smallest absolute Gasteiger partial charge is 0.213 e. The average Bonchev–Trinajstić information content (AvgIpc) is 2.23. The van der Waals surface area contributed by atoms with Gasteiger partial charge in [-0.15, -0.1) is 0 Å². The van der Waals surface area contributed by atoms with Crippen LogP contribution in [-0.2, 0) is 4.74 Å². The van der Waals surface area contributed by atoms with Crippen molar-refractivity contribution in [3.63, 3.8) is 0 Å². The number of hydrogen-bond acceptors (Lipinski definition) is 4. The monoisotopic (exact) mass is 317 g/mol. The summed E-state index contributed by atoms with van der Waals surface area (Å²) < 4.78 is 11.7. The van der Waals surface area contributed by atoms with Crippen molar-refractivity contribution in [1.29, 1.82) is 0 Å². The lowest BCUT2D eigenvalue weighted by Gasteiger charge is -2.17. The fourth-order valence-corrected chi connectivity index (χ4v) is 1.62. The predicted molar refractivity (Wildman–Crippen MR) is 73.8 cm³/mol. The molecule has 0 radical (unpaired) electrons. The third kappa shape index (κ3) is 5.33. The van der Waals surface area contributed by atoms with Crippen LogP contribution in [0.2, 0.25) is 0 Å². The molecule has 1 N–H and O–H groups in total. The van der Waals surface area contributed by atoms with Crippen LogP contribution < -0.4 is 4.74 Å². The van der Waals surface area contributed by atoms with Crippen molar-refractivity contribution in [3.8, 4) is 5.88 Å². The van der Waals surface area contributed by atoms with Gasteiger partial charge in [-0.1, -0.05) is 0 Å². The van der Waals surface area contributed by atoms with Gasteiger partial charge < -0.3 is 14.6 Å². The van der Waals surface area contributed by atoms with Gasteiger partial charge in [-0.2, -0.15) is 0 Å². The number of rotatable bonds is 6. The van der Waals surface area contributed by atoms with Crippen LogP contribution in [0.15, 0.2) is 10.5 Å². The molecule has 0 atom stereocenters. The third-order valence-electron chi connectivity index (χ3n) is 2.28. The summed E-state index contributed by atoms with van der Waals surface area (Å²) in [5, 5.41) is 9.36. The second kappa shape index (κ2) is 6.50. The summed E-state index contributed by atoms with van der Waals surface area (Å²) in [6, 6.07) is 1.90. The summed E-state index contributed by atoms with van der Waals surface area (Å²) in [6.45, 7) is 8.12. The van der Waals surface area contributed by atoms with Crippen molar-refractivity contribution < 1.29 is 14.6 Å². The molecular formula is C13H20BrNO3. The first kappa shape index (κ1) is 15.4. The summed E-state index contributed by atoms with van der Waals surface area (Å²) in [6.07, 6.45) is 0.708. The first-order chi connectivity index (χ1) is 8.29. The van der Waals surface area contributed by atoms with Crippen LogP contribution in [0.5, 0.6) is 5.88 Å². The van der Waals surface area contributed by atoms with E-state index in [1.807, 2.05) is 19.9 Å². The number of aromatic nitrogens is 1. The topological polar surface area (TPSA) is 51.6 Å². The van der Waals surface area contributed by atoms with E-state index in [2.05, 4.69) is 20.9 Å². The summed E-state index contributed by atoms with van der Waals surface area (Å²) in [7, 11) is 0. The van der Waals surface area contributed by atoms with Gasteiger partial charge in [-0.05, 0) is 49.2 Å². The van der Waals surface area contributed by atoms with Crippen LogP contribution >= 0.6 is 15.9 Å². The minimum Gasteiger partial charge on any atom is -0.478 e. The van der Waals surface area contributed by atoms with E-state index in [1.54, 1.807) is 13.8 Å². The lowest BCUT2D eigenvalue weighted by molar-refractivity contribution is -0.176. The fourth-order valence-electron chi connectivity index (χ4n) is 1.41. The molecule has 0 unspecified atom stereocenters. The van der Waals surface area contributed by atoms with Gasteiger partial charge in [-0.25, -0.2) is 4.98 Å². The number of nitrogens with zero attached hydrogens (tertiary/aromatic N) is 1. The van der Waals surface area contributed by atoms with Crippen LogP contribution in [0.4, 0.5) is 0 Å². The highest BCUT2D eigenvalue weighted by Gasteiger charge is 2.11. The molecule has 0 fully saturated rings. The zero-order valence-electron chi connectivity index (χ0n) is 11.3. The fraction of sp³-hybridized carbons (Fsp3) is 0.615. The summed E-state index contributed by atoms with van der Waals surface area (Å²) in [5.41, 5.74) is 2.02. The molecule has 0 amide bonds. The second-order valence-electron chi connectivity index (χ2n) is 4.67. The van der Waals surface area contributed by atoms with Gasteiger partial charge in [0.2, 0.25) is 5.88 Å². The zero-order chi connectivity index (χ0) is 13.8. The summed E-state index contributed by atoms with van der Waals surface area (Å²) >= 11 is 3.46. The number of halogens is 1. The Kier molecular flexibility index (Phi) is 5.56. The predicted octanol–water partition coefficient (Wildman–Crippen LogP) is 2.97. The van der Waals surface area contributed by atoms with Gasteiger partial charge in [0.05, 0.1) is 18.9 Å². The quantitative estimate of drug-likeness (QED) is 0.647. The minimum absolute atomic E-state index is 0.456. The second-order valence-corrected chi connectivity index (χ2v) is 5.47. The van der Waals surface area contributed by atoms with Gasteiger partial charge in [0.15, 0.2) is 5.79 Å². The number of ether oxygens (including phenoxy) is 2.